The molecule has 1 aromatic carbocycles. The zero-order valence-corrected chi connectivity index (χ0v) is 8.00. The molecule has 0 atom stereocenters. The summed E-state index contributed by atoms with van der Waals surface area (Å²) < 4.78 is 50.2. The maximum atomic E-state index is 12.8. The largest absolute Gasteiger partial charge is 0.416 e. The zero-order chi connectivity index (χ0) is 12.2. The number of benzene rings is 1. The molecule has 0 fully saturated rings. The molecule has 0 unspecified atom stereocenters. The molecule has 0 N–H and O–H groups in total. The van der Waals surface area contributed by atoms with E-state index in [1.807, 2.05) is 0 Å². The van der Waals surface area contributed by atoms with Gasteiger partial charge in [-0.05, 0) is 35.7 Å². The van der Waals surface area contributed by atoms with E-state index in [0.717, 1.165) is 12.1 Å². The molecule has 0 aliphatic rings. The third-order valence-electron chi connectivity index (χ3n) is 1.92. The fraction of sp³-hybridized carbons (Fsp3) is 0.333. The molecule has 3 nitrogen and oxygen atoms in total. The van der Waals surface area contributed by atoms with Crippen LogP contribution in [0.25, 0.3) is 10.4 Å². The van der Waals surface area contributed by atoms with Crippen LogP contribution in [0.5, 0.6) is 0 Å². The van der Waals surface area contributed by atoms with E-state index in [0.29, 0.717) is 6.07 Å². The van der Waals surface area contributed by atoms with Gasteiger partial charge in [-0.2, -0.15) is 13.2 Å². The molecular weight excluding hydrogens is 226 g/mol. The highest BCUT2D eigenvalue weighted by Crippen LogP contribution is 2.32. The summed E-state index contributed by atoms with van der Waals surface area (Å²) in [7, 11) is 0. The molecule has 0 saturated carbocycles. The third kappa shape index (κ3) is 3.13. The lowest BCUT2D eigenvalue weighted by molar-refractivity contribution is -0.138. The minimum absolute atomic E-state index is 0.136. The number of nitrogens with zero attached hydrogens (tertiary/aromatic N) is 3. The Balaban J connectivity index is 3.03. The second-order valence-electron chi connectivity index (χ2n) is 3.00. The molecular formula is C9H7F4N3. The Morgan fingerprint density at radius 1 is 1.31 bits per heavy atom. The topological polar surface area (TPSA) is 48.8 Å². The Hall–Kier alpha value is -1.75. The predicted octanol–water partition coefficient (Wildman–Crippen LogP) is 3.70. The molecule has 0 bridgehead atoms. The van der Waals surface area contributed by atoms with Crippen molar-refractivity contribution in [1.82, 2.24) is 0 Å². The highest BCUT2D eigenvalue weighted by molar-refractivity contribution is 5.30. The first-order chi connectivity index (χ1) is 7.45. The van der Waals surface area contributed by atoms with Gasteiger partial charge < -0.3 is 0 Å². The van der Waals surface area contributed by atoms with E-state index in [4.69, 9.17) is 5.53 Å². The molecule has 86 valence electrons. The fourth-order valence-electron chi connectivity index (χ4n) is 1.26. The Kier molecular flexibility index (Phi) is 3.73. The molecule has 0 aliphatic carbocycles. The molecule has 1 rings (SSSR count). The maximum absolute atomic E-state index is 12.8. The van der Waals surface area contributed by atoms with Gasteiger partial charge >= 0.3 is 6.18 Å². The smallest absolute Gasteiger partial charge is 0.207 e. The SMILES string of the molecule is [N-]=[N+]=NCCc1cc(F)ccc1C(F)(F)F. The van der Waals surface area contributed by atoms with Crippen molar-refractivity contribution in [2.75, 3.05) is 6.54 Å². The summed E-state index contributed by atoms with van der Waals surface area (Å²) in [6.45, 7) is -0.136. The highest BCUT2D eigenvalue weighted by Gasteiger charge is 2.32. The van der Waals surface area contributed by atoms with Crippen LogP contribution in [0.2, 0.25) is 0 Å². The van der Waals surface area contributed by atoms with Crippen molar-refractivity contribution >= 4 is 0 Å². The van der Waals surface area contributed by atoms with Gasteiger partial charge in [-0.15, -0.1) is 0 Å². The van der Waals surface area contributed by atoms with Gasteiger partial charge in [0.05, 0.1) is 5.56 Å². The van der Waals surface area contributed by atoms with Gasteiger partial charge in [0.2, 0.25) is 0 Å². The Morgan fingerprint density at radius 2 is 2.00 bits per heavy atom. The summed E-state index contributed by atoms with van der Waals surface area (Å²) >= 11 is 0. The van der Waals surface area contributed by atoms with Crippen molar-refractivity contribution < 1.29 is 17.6 Å². The van der Waals surface area contributed by atoms with Crippen LogP contribution in [0, 0.1) is 5.82 Å². The number of hydrogen-bond donors (Lipinski definition) is 0. The number of hydrogen-bond acceptors (Lipinski definition) is 1. The fourth-order valence-corrected chi connectivity index (χ4v) is 1.26. The van der Waals surface area contributed by atoms with Crippen LogP contribution < -0.4 is 0 Å². The standard InChI is InChI=1S/C9H7F4N3/c10-7-1-2-8(9(11,12)13)6(5-7)3-4-15-16-14/h1-2,5H,3-4H2. The molecule has 0 radical (unpaired) electrons. The van der Waals surface area contributed by atoms with E-state index < -0.39 is 17.6 Å². The molecule has 0 aromatic heterocycles. The van der Waals surface area contributed by atoms with Gasteiger partial charge in [-0.25, -0.2) is 4.39 Å². The van der Waals surface area contributed by atoms with Crippen LogP contribution in [0.1, 0.15) is 11.1 Å². The predicted molar refractivity (Wildman–Crippen MR) is 49.1 cm³/mol. The normalized spacial score (nSPS) is 11.0. The summed E-state index contributed by atoms with van der Waals surface area (Å²) in [6.07, 6.45) is -4.67. The van der Waals surface area contributed by atoms with Crippen molar-refractivity contribution in [3.05, 3.63) is 45.6 Å². The summed E-state index contributed by atoms with van der Waals surface area (Å²) in [4.78, 5) is 2.42. The minimum Gasteiger partial charge on any atom is -0.207 e. The highest BCUT2D eigenvalue weighted by atomic mass is 19.4. The molecule has 0 heterocycles. The first-order valence-electron chi connectivity index (χ1n) is 4.31. The Bertz CT molecular complexity index is 421. The van der Waals surface area contributed by atoms with Crippen LogP contribution >= 0.6 is 0 Å². The molecule has 0 amide bonds. The van der Waals surface area contributed by atoms with Gasteiger partial charge in [-0.3, -0.25) is 0 Å². The van der Waals surface area contributed by atoms with Crippen LogP contribution in [0.15, 0.2) is 23.3 Å². The average Bonchev–Trinajstić information content (AvgIpc) is 2.16. The van der Waals surface area contributed by atoms with E-state index in [1.165, 1.54) is 0 Å². The second-order valence-corrected chi connectivity index (χ2v) is 3.00. The van der Waals surface area contributed by atoms with Crippen LogP contribution in [-0.4, -0.2) is 6.54 Å². The quantitative estimate of drug-likeness (QED) is 0.331. The van der Waals surface area contributed by atoms with E-state index >= 15 is 0 Å². The molecule has 0 aliphatic heterocycles. The van der Waals surface area contributed by atoms with Gasteiger partial charge in [0.1, 0.15) is 5.82 Å². The molecule has 7 heteroatoms. The summed E-state index contributed by atoms with van der Waals surface area (Å²) in [5.74, 6) is -0.746. The Morgan fingerprint density at radius 3 is 2.56 bits per heavy atom. The second kappa shape index (κ2) is 4.85. The summed E-state index contributed by atoms with van der Waals surface area (Å²) in [6, 6.07) is 2.23. The van der Waals surface area contributed by atoms with Gasteiger partial charge in [0.25, 0.3) is 0 Å². The monoisotopic (exact) mass is 233 g/mol. The number of halogens is 4. The average molecular weight is 233 g/mol. The van der Waals surface area contributed by atoms with Gasteiger partial charge in [0.15, 0.2) is 0 Å². The molecule has 0 spiro atoms. The minimum atomic E-state index is -4.53. The maximum Gasteiger partial charge on any atom is 0.416 e. The first-order valence-corrected chi connectivity index (χ1v) is 4.31. The number of rotatable bonds is 3. The van der Waals surface area contributed by atoms with Crippen molar-refractivity contribution in [2.45, 2.75) is 12.6 Å². The summed E-state index contributed by atoms with van der Waals surface area (Å²) in [5.41, 5.74) is 6.88. The zero-order valence-electron chi connectivity index (χ0n) is 8.00. The van der Waals surface area contributed by atoms with E-state index in [9.17, 15) is 17.6 Å². The lowest BCUT2D eigenvalue weighted by atomic mass is 10.0. The third-order valence-corrected chi connectivity index (χ3v) is 1.92. The van der Waals surface area contributed by atoms with E-state index in [1.54, 1.807) is 0 Å². The van der Waals surface area contributed by atoms with Crippen molar-refractivity contribution in [3.63, 3.8) is 0 Å². The first kappa shape index (κ1) is 12.3. The van der Waals surface area contributed by atoms with Crippen LogP contribution in [0.4, 0.5) is 17.6 Å². The van der Waals surface area contributed by atoms with Crippen LogP contribution in [-0.2, 0) is 12.6 Å². The Labute approximate surface area is 88.3 Å². The van der Waals surface area contributed by atoms with Crippen LogP contribution in [0.3, 0.4) is 0 Å². The van der Waals surface area contributed by atoms with Crippen molar-refractivity contribution in [2.24, 2.45) is 5.11 Å². The molecule has 1 aromatic rings. The van der Waals surface area contributed by atoms with Crippen molar-refractivity contribution in [1.29, 1.82) is 0 Å². The van der Waals surface area contributed by atoms with Gasteiger partial charge in [-0.1, -0.05) is 5.11 Å². The lowest BCUT2D eigenvalue weighted by Gasteiger charge is -2.11. The molecule has 0 saturated heterocycles. The lowest BCUT2D eigenvalue weighted by Crippen LogP contribution is -2.10. The molecule has 16 heavy (non-hydrogen) atoms. The van der Waals surface area contributed by atoms with E-state index in [2.05, 4.69) is 10.0 Å². The van der Waals surface area contributed by atoms with Gasteiger partial charge in [0, 0.05) is 11.5 Å². The van der Waals surface area contributed by atoms with E-state index in [-0.39, 0.29) is 18.5 Å². The number of azide groups is 1. The number of alkyl halides is 3. The van der Waals surface area contributed by atoms with Crippen molar-refractivity contribution in [3.8, 4) is 0 Å². The summed E-state index contributed by atoms with van der Waals surface area (Å²) in [5, 5.41) is 3.11.